The SMILES string of the molecule is CC1CCC(NC2CCOC2C2CC2)CC1C. The molecule has 0 aromatic carbocycles. The highest BCUT2D eigenvalue weighted by atomic mass is 16.5. The highest BCUT2D eigenvalue weighted by molar-refractivity contribution is 4.95. The van der Waals surface area contributed by atoms with Gasteiger partial charge in [0.2, 0.25) is 0 Å². The fourth-order valence-electron chi connectivity index (χ4n) is 3.68. The highest BCUT2D eigenvalue weighted by Gasteiger charge is 2.41. The Morgan fingerprint density at radius 3 is 2.47 bits per heavy atom. The summed E-state index contributed by atoms with van der Waals surface area (Å²) in [7, 11) is 0. The zero-order valence-corrected chi connectivity index (χ0v) is 11.3. The van der Waals surface area contributed by atoms with Gasteiger partial charge in [-0.1, -0.05) is 13.8 Å². The van der Waals surface area contributed by atoms with Crippen molar-refractivity contribution in [2.24, 2.45) is 17.8 Å². The Morgan fingerprint density at radius 1 is 0.941 bits per heavy atom. The van der Waals surface area contributed by atoms with E-state index in [4.69, 9.17) is 4.74 Å². The summed E-state index contributed by atoms with van der Waals surface area (Å²) in [5, 5.41) is 3.92. The van der Waals surface area contributed by atoms with Crippen LogP contribution in [0.25, 0.3) is 0 Å². The maximum absolute atomic E-state index is 5.92. The molecule has 0 bridgehead atoms. The fourth-order valence-corrected chi connectivity index (χ4v) is 3.68. The Morgan fingerprint density at radius 2 is 1.76 bits per heavy atom. The quantitative estimate of drug-likeness (QED) is 0.815. The van der Waals surface area contributed by atoms with E-state index in [-0.39, 0.29) is 0 Å². The van der Waals surface area contributed by atoms with E-state index >= 15 is 0 Å². The predicted molar refractivity (Wildman–Crippen MR) is 70.0 cm³/mol. The van der Waals surface area contributed by atoms with Crippen molar-refractivity contribution in [3.8, 4) is 0 Å². The van der Waals surface area contributed by atoms with E-state index < -0.39 is 0 Å². The molecule has 17 heavy (non-hydrogen) atoms. The Kier molecular flexibility index (Phi) is 3.45. The molecule has 3 rings (SSSR count). The average Bonchev–Trinajstić information content (AvgIpc) is 3.05. The monoisotopic (exact) mass is 237 g/mol. The third-order valence-electron chi connectivity index (χ3n) is 5.27. The van der Waals surface area contributed by atoms with E-state index in [1.807, 2.05) is 0 Å². The van der Waals surface area contributed by atoms with E-state index in [1.54, 1.807) is 0 Å². The number of ether oxygens (including phenoxy) is 1. The Bertz CT molecular complexity index is 264. The van der Waals surface area contributed by atoms with Crippen molar-refractivity contribution in [3.63, 3.8) is 0 Å². The van der Waals surface area contributed by atoms with Crippen LogP contribution in [0.2, 0.25) is 0 Å². The topological polar surface area (TPSA) is 21.3 Å². The molecule has 1 heterocycles. The summed E-state index contributed by atoms with van der Waals surface area (Å²) in [4.78, 5) is 0. The summed E-state index contributed by atoms with van der Waals surface area (Å²) >= 11 is 0. The fraction of sp³-hybridized carbons (Fsp3) is 1.00. The lowest BCUT2D eigenvalue weighted by Crippen LogP contribution is -2.46. The lowest BCUT2D eigenvalue weighted by atomic mass is 9.79. The normalized spacial score (nSPS) is 47.3. The summed E-state index contributed by atoms with van der Waals surface area (Å²) in [6, 6.07) is 1.42. The summed E-state index contributed by atoms with van der Waals surface area (Å²) in [5.74, 6) is 2.70. The number of nitrogens with one attached hydrogen (secondary N) is 1. The van der Waals surface area contributed by atoms with Crippen LogP contribution in [0.4, 0.5) is 0 Å². The van der Waals surface area contributed by atoms with Crippen LogP contribution >= 0.6 is 0 Å². The van der Waals surface area contributed by atoms with Crippen molar-refractivity contribution in [3.05, 3.63) is 0 Å². The first-order valence-electron chi connectivity index (χ1n) is 7.61. The largest absolute Gasteiger partial charge is 0.376 e. The van der Waals surface area contributed by atoms with Crippen LogP contribution in [0.5, 0.6) is 0 Å². The van der Waals surface area contributed by atoms with Crippen LogP contribution in [0.3, 0.4) is 0 Å². The molecular formula is C15H27NO. The summed E-state index contributed by atoms with van der Waals surface area (Å²) in [5.41, 5.74) is 0. The average molecular weight is 237 g/mol. The summed E-state index contributed by atoms with van der Waals surface area (Å²) in [6.45, 7) is 5.81. The lowest BCUT2D eigenvalue weighted by molar-refractivity contribution is 0.0754. The number of hydrogen-bond acceptors (Lipinski definition) is 2. The molecule has 1 N–H and O–H groups in total. The number of rotatable bonds is 3. The van der Waals surface area contributed by atoms with Gasteiger partial charge in [-0.3, -0.25) is 0 Å². The first-order valence-corrected chi connectivity index (χ1v) is 7.61. The summed E-state index contributed by atoms with van der Waals surface area (Å²) in [6.07, 6.45) is 8.74. The van der Waals surface area contributed by atoms with Crippen LogP contribution in [-0.2, 0) is 4.74 Å². The van der Waals surface area contributed by atoms with Gasteiger partial charge in [-0.05, 0) is 56.3 Å². The lowest BCUT2D eigenvalue weighted by Gasteiger charge is -2.35. The predicted octanol–water partition coefficient (Wildman–Crippen LogP) is 2.97. The molecule has 1 aliphatic heterocycles. The minimum Gasteiger partial charge on any atom is -0.376 e. The molecule has 98 valence electrons. The second-order valence-electron chi connectivity index (χ2n) is 6.70. The molecule has 5 atom stereocenters. The van der Waals surface area contributed by atoms with Crippen LogP contribution in [0, 0.1) is 17.8 Å². The van der Waals surface area contributed by atoms with Crippen molar-refractivity contribution in [1.82, 2.24) is 5.32 Å². The summed E-state index contributed by atoms with van der Waals surface area (Å²) < 4.78 is 5.92. The third-order valence-corrected chi connectivity index (χ3v) is 5.27. The van der Waals surface area contributed by atoms with Gasteiger partial charge in [-0.15, -0.1) is 0 Å². The van der Waals surface area contributed by atoms with E-state index in [0.717, 1.165) is 30.4 Å². The van der Waals surface area contributed by atoms with Crippen molar-refractivity contribution < 1.29 is 4.74 Å². The molecule has 3 fully saturated rings. The molecule has 5 unspecified atom stereocenters. The van der Waals surface area contributed by atoms with Gasteiger partial charge in [-0.25, -0.2) is 0 Å². The zero-order chi connectivity index (χ0) is 11.8. The van der Waals surface area contributed by atoms with Gasteiger partial charge in [0.15, 0.2) is 0 Å². The zero-order valence-electron chi connectivity index (χ0n) is 11.3. The second-order valence-corrected chi connectivity index (χ2v) is 6.70. The van der Waals surface area contributed by atoms with Gasteiger partial charge in [0.1, 0.15) is 0 Å². The van der Waals surface area contributed by atoms with Crippen molar-refractivity contribution in [2.75, 3.05) is 6.61 Å². The van der Waals surface area contributed by atoms with Crippen LogP contribution in [0.1, 0.15) is 52.4 Å². The molecule has 2 aliphatic carbocycles. The van der Waals surface area contributed by atoms with E-state index in [2.05, 4.69) is 19.2 Å². The molecule has 0 aromatic rings. The van der Waals surface area contributed by atoms with Crippen molar-refractivity contribution in [2.45, 2.75) is 70.6 Å². The molecule has 0 spiro atoms. The van der Waals surface area contributed by atoms with Crippen LogP contribution in [-0.4, -0.2) is 24.8 Å². The minimum absolute atomic E-state index is 0.546. The molecule has 0 amide bonds. The van der Waals surface area contributed by atoms with E-state index in [0.29, 0.717) is 12.1 Å². The first-order chi connectivity index (χ1) is 8.24. The molecule has 0 radical (unpaired) electrons. The maximum Gasteiger partial charge on any atom is 0.0757 e. The smallest absolute Gasteiger partial charge is 0.0757 e. The van der Waals surface area contributed by atoms with Gasteiger partial charge in [0.05, 0.1) is 6.10 Å². The second kappa shape index (κ2) is 4.89. The van der Waals surface area contributed by atoms with Crippen LogP contribution in [0.15, 0.2) is 0 Å². The minimum atomic E-state index is 0.546. The van der Waals surface area contributed by atoms with Gasteiger partial charge in [-0.2, -0.15) is 0 Å². The van der Waals surface area contributed by atoms with Gasteiger partial charge >= 0.3 is 0 Å². The molecule has 0 aromatic heterocycles. The Balaban J connectivity index is 1.52. The van der Waals surface area contributed by atoms with E-state index in [9.17, 15) is 0 Å². The molecule has 3 aliphatic rings. The Hall–Kier alpha value is -0.0800. The van der Waals surface area contributed by atoms with Crippen molar-refractivity contribution >= 4 is 0 Å². The van der Waals surface area contributed by atoms with Crippen molar-refractivity contribution in [1.29, 1.82) is 0 Å². The van der Waals surface area contributed by atoms with Gasteiger partial charge in [0.25, 0.3) is 0 Å². The Labute approximate surface area is 105 Å². The molecule has 2 saturated carbocycles. The molecule has 2 nitrogen and oxygen atoms in total. The van der Waals surface area contributed by atoms with Gasteiger partial charge < -0.3 is 10.1 Å². The molecular weight excluding hydrogens is 210 g/mol. The third kappa shape index (κ3) is 2.68. The highest BCUT2D eigenvalue weighted by Crippen LogP contribution is 2.39. The van der Waals surface area contributed by atoms with E-state index in [1.165, 1.54) is 38.5 Å². The standard InChI is InChI=1S/C15H27NO/c1-10-3-6-13(9-11(10)2)16-14-7-8-17-15(14)12-4-5-12/h10-16H,3-9H2,1-2H3. The maximum atomic E-state index is 5.92. The molecule has 2 heteroatoms. The van der Waals surface area contributed by atoms with Crippen LogP contribution < -0.4 is 5.32 Å². The van der Waals surface area contributed by atoms with Gasteiger partial charge in [0, 0.05) is 18.7 Å². The molecule has 1 saturated heterocycles. The number of hydrogen-bond donors (Lipinski definition) is 1. The first kappa shape index (κ1) is 12.0.